The fourth-order valence-electron chi connectivity index (χ4n) is 1.94. The lowest BCUT2D eigenvalue weighted by molar-refractivity contribution is 0.144. The Morgan fingerprint density at radius 2 is 1.47 bits per heavy atom. The molecule has 0 unspecified atom stereocenters. The van der Waals surface area contributed by atoms with Crippen LogP contribution in [0.2, 0.25) is 0 Å². The van der Waals surface area contributed by atoms with E-state index < -0.39 is 0 Å². The minimum Gasteiger partial charge on any atom is -0.453 e. The van der Waals surface area contributed by atoms with Gasteiger partial charge < -0.3 is 4.74 Å². The molecular formula is C14H13NO2. The molecule has 2 aromatic carbocycles. The van der Waals surface area contributed by atoms with E-state index in [0.29, 0.717) is 6.61 Å². The summed E-state index contributed by atoms with van der Waals surface area (Å²) in [5.74, 6) is 1.64. The zero-order chi connectivity index (χ0) is 11.7. The maximum Gasteiger partial charge on any atom is 0.153 e. The van der Waals surface area contributed by atoms with Crippen LogP contribution in [-0.2, 0) is 4.84 Å². The van der Waals surface area contributed by atoms with Gasteiger partial charge in [-0.1, -0.05) is 24.3 Å². The van der Waals surface area contributed by atoms with Crippen molar-refractivity contribution >= 4 is 11.4 Å². The second-order valence-corrected chi connectivity index (χ2v) is 3.75. The molecule has 0 bridgehead atoms. The van der Waals surface area contributed by atoms with Crippen molar-refractivity contribution in [3.63, 3.8) is 0 Å². The zero-order valence-corrected chi connectivity index (χ0v) is 9.59. The van der Waals surface area contributed by atoms with Gasteiger partial charge in [0, 0.05) is 0 Å². The number of nitrogens with zero attached hydrogens (tertiary/aromatic N) is 1. The topological polar surface area (TPSA) is 21.7 Å². The van der Waals surface area contributed by atoms with Gasteiger partial charge in [-0.15, -0.1) is 0 Å². The van der Waals surface area contributed by atoms with Crippen LogP contribution in [0.5, 0.6) is 11.5 Å². The normalized spacial score (nSPS) is 12.6. The summed E-state index contributed by atoms with van der Waals surface area (Å²) in [6, 6.07) is 15.7. The van der Waals surface area contributed by atoms with E-state index in [9.17, 15) is 0 Å². The van der Waals surface area contributed by atoms with Gasteiger partial charge in [-0.25, -0.2) is 5.06 Å². The molecule has 17 heavy (non-hydrogen) atoms. The molecule has 3 rings (SSSR count). The highest BCUT2D eigenvalue weighted by Crippen LogP contribution is 2.46. The minimum absolute atomic E-state index is 0.614. The Balaban J connectivity index is 2.13. The highest BCUT2D eigenvalue weighted by molar-refractivity contribution is 5.75. The number of hydrogen-bond acceptors (Lipinski definition) is 3. The first kappa shape index (κ1) is 10.2. The summed E-state index contributed by atoms with van der Waals surface area (Å²) < 4.78 is 5.83. The van der Waals surface area contributed by atoms with Crippen molar-refractivity contribution in [2.24, 2.45) is 0 Å². The predicted octanol–water partition coefficient (Wildman–Crippen LogP) is 3.88. The molecule has 0 saturated heterocycles. The van der Waals surface area contributed by atoms with Crippen LogP contribution in [0.3, 0.4) is 0 Å². The summed E-state index contributed by atoms with van der Waals surface area (Å²) in [6.07, 6.45) is 0. The maximum atomic E-state index is 5.83. The van der Waals surface area contributed by atoms with E-state index in [1.807, 2.05) is 60.5 Å². The molecule has 0 aliphatic carbocycles. The monoisotopic (exact) mass is 227 g/mol. The van der Waals surface area contributed by atoms with Gasteiger partial charge in [0.1, 0.15) is 11.4 Å². The molecule has 0 spiro atoms. The standard InChI is InChI=1S/C14H13NO2/c1-2-16-15-11-7-3-5-9-13(11)17-14-10-6-4-8-12(14)15/h3-10H,2H2,1H3. The van der Waals surface area contributed by atoms with E-state index in [1.54, 1.807) is 0 Å². The van der Waals surface area contributed by atoms with E-state index in [2.05, 4.69) is 0 Å². The average molecular weight is 227 g/mol. The Labute approximate surface area is 100 Å². The molecule has 0 atom stereocenters. The summed E-state index contributed by atoms with van der Waals surface area (Å²) >= 11 is 0. The maximum absolute atomic E-state index is 5.83. The SMILES string of the molecule is CCON1c2ccccc2Oc2ccccc21. The van der Waals surface area contributed by atoms with Gasteiger partial charge in [0.2, 0.25) is 0 Å². The number of ether oxygens (including phenoxy) is 1. The number of fused-ring (bicyclic) bond motifs is 2. The van der Waals surface area contributed by atoms with Crippen molar-refractivity contribution in [3.8, 4) is 11.5 Å². The molecular weight excluding hydrogens is 214 g/mol. The van der Waals surface area contributed by atoms with Gasteiger partial charge in [0.05, 0.1) is 6.61 Å². The van der Waals surface area contributed by atoms with Gasteiger partial charge >= 0.3 is 0 Å². The molecule has 3 nitrogen and oxygen atoms in total. The lowest BCUT2D eigenvalue weighted by Crippen LogP contribution is -2.21. The van der Waals surface area contributed by atoms with Crippen LogP contribution in [-0.4, -0.2) is 6.61 Å². The quantitative estimate of drug-likeness (QED) is 0.777. The van der Waals surface area contributed by atoms with Crippen LogP contribution in [0, 0.1) is 0 Å². The molecule has 0 N–H and O–H groups in total. The molecule has 1 heterocycles. The van der Waals surface area contributed by atoms with Crippen LogP contribution in [0.15, 0.2) is 48.5 Å². The van der Waals surface area contributed by atoms with E-state index in [4.69, 9.17) is 9.57 Å². The smallest absolute Gasteiger partial charge is 0.153 e. The molecule has 3 heteroatoms. The van der Waals surface area contributed by atoms with Crippen LogP contribution in [0.25, 0.3) is 0 Å². The number of benzene rings is 2. The minimum atomic E-state index is 0.614. The molecule has 0 aromatic heterocycles. The summed E-state index contributed by atoms with van der Waals surface area (Å²) in [6.45, 7) is 2.59. The van der Waals surface area contributed by atoms with Gasteiger partial charge in [0.25, 0.3) is 0 Å². The number of anilines is 2. The highest BCUT2D eigenvalue weighted by Gasteiger charge is 2.23. The Kier molecular flexibility index (Phi) is 2.46. The van der Waals surface area contributed by atoms with Crippen LogP contribution in [0.4, 0.5) is 11.4 Å². The first-order chi connectivity index (χ1) is 8.40. The van der Waals surface area contributed by atoms with E-state index in [1.165, 1.54) is 0 Å². The second kappa shape index (κ2) is 4.11. The predicted molar refractivity (Wildman–Crippen MR) is 66.7 cm³/mol. The average Bonchev–Trinajstić information content (AvgIpc) is 2.39. The van der Waals surface area contributed by atoms with Crippen LogP contribution >= 0.6 is 0 Å². The van der Waals surface area contributed by atoms with Crippen molar-refractivity contribution in [2.45, 2.75) is 6.92 Å². The van der Waals surface area contributed by atoms with E-state index >= 15 is 0 Å². The molecule has 0 saturated carbocycles. The molecule has 1 aliphatic heterocycles. The second-order valence-electron chi connectivity index (χ2n) is 3.75. The molecule has 2 aromatic rings. The Morgan fingerprint density at radius 1 is 0.941 bits per heavy atom. The van der Waals surface area contributed by atoms with E-state index in [-0.39, 0.29) is 0 Å². The third kappa shape index (κ3) is 1.65. The highest BCUT2D eigenvalue weighted by atomic mass is 16.7. The van der Waals surface area contributed by atoms with Crippen molar-refractivity contribution in [1.82, 2.24) is 0 Å². The zero-order valence-electron chi connectivity index (χ0n) is 9.59. The Bertz CT molecular complexity index is 494. The van der Waals surface area contributed by atoms with Crippen molar-refractivity contribution in [1.29, 1.82) is 0 Å². The first-order valence-corrected chi connectivity index (χ1v) is 5.69. The molecule has 0 fully saturated rings. The summed E-state index contributed by atoms with van der Waals surface area (Å²) in [5.41, 5.74) is 1.88. The summed E-state index contributed by atoms with van der Waals surface area (Å²) in [4.78, 5) is 5.69. The largest absolute Gasteiger partial charge is 0.453 e. The number of hydrogen-bond donors (Lipinski definition) is 0. The van der Waals surface area contributed by atoms with Crippen molar-refractivity contribution in [2.75, 3.05) is 11.7 Å². The molecule has 0 radical (unpaired) electrons. The third-order valence-corrected chi connectivity index (χ3v) is 2.65. The molecule has 1 aliphatic rings. The fourth-order valence-corrected chi connectivity index (χ4v) is 1.94. The number of rotatable bonds is 2. The molecule has 0 amide bonds. The lowest BCUT2D eigenvalue weighted by Gasteiger charge is -2.30. The fraction of sp³-hybridized carbons (Fsp3) is 0.143. The lowest BCUT2D eigenvalue weighted by atomic mass is 10.2. The number of para-hydroxylation sites is 4. The first-order valence-electron chi connectivity index (χ1n) is 5.69. The Morgan fingerprint density at radius 3 is 2.00 bits per heavy atom. The van der Waals surface area contributed by atoms with Gasteiger partial charge in [0.15, 0.2) is 11.5 Å². The van der Waals surface area contributed by atoms with Crippen molar-refractivity contribution < 1.29 is 9.57 Å². The van der Waals surface area contributed by atoms with Gasteiger partial charge in [-0.2, -0.15) is 0 Å². The summed E-state index contributed by atoms with van der Waals surface area (Å²) in [7, 11) is 0. The van der Waals surface area contributed by atoms with E-state index in [0.717, 1.165) is 22.9 Å². The molecule has 86 valence electrons. The van der Waals surface area contributed by atoms with Gasteiger partial charge in [-0.05, 0) is 31.2 Å². The van der Waals surface area contributed by atoms with Crippen LogP contribution < -0.4 is 9.80 Å². The summed E-state index contributed by atoms with van der Waals surface area (Å²) in [5, 5.41) is 1.83. The van der Waals surface area contributed by atoms with Crippen molar-refractivity contribution in [3.05, 3.63) is 48.5 Å². The third-order valence-electron chi connectivity index (χ3n) is 2.65. The van der Waals surface area contributed by atoms with Crippen LogP contribution in [0.1, 0.15) is 6.92 Å². The van der Waals surface area contributed by atoms with Gasteiger partial charge in [-0.3, -0.25) is 4.84 Å². The Hall–Kier alpha value is -2.00.